The molecule has 1 saturated carbocycles. The van der Waals surface area contributed by atoms with E-state index in [1.165, 1.54) is 12.1 Å². The molecule has 23 heavy (non-hydrogen) atoms. The molecular formula is C17H21NO5. The fourth-order valence-corrected chi connectivity index (χ4v) is 3.71. The number of hydrogen-bond acceptors (Lipinski definition) is 4. The molecule has 0 unspecified atom stereocenters. The summed E-state index contributed by atoms with van der Waals surface area (Å²) >= 11 is 0. The number of fused-ring (bicyclic) bond motifs is 1. The molecule has 0 amide bonds. The van der Waals surface area contributed by atoms with Crippen LogP contribution in [0.1, 0.15) is 36.0 Å². The van der Waals surface area contributed by atoms with E-state index in [1.54, 1.807) is 12.1 Å². The minimum Gasteiger partial charge on any atom is -0.490 e. The van der Waals surface area contributed by atoms with Crippen molar-refractivity contribution in [2.24, 2.45) is 11.8 Å². The predicted octanol–water partition coefficient (Wildman–Crippen LogP) is 1.99. The summed E-state index contributed by atoms with van der Waals surface area (Å²) in [5.74, 6) is -0.339. The average molecular weight is 319 g/mol. The maximum atomic E-state index is 11.2. The van der Waals surface area contributed by atoms with Crippen molar-refractivity contribution in [2.45, 2.75) is 37.8 Å². The van der Waals surface area contributed by atoms with Crippen LogP contribution in [0, 0.1) is 11.8 Å². The molecule has 1 aromatic carbocycles. The van der Waals surface area contributed by atoms with Crippen molar-refractivity contribution < 1.29 is 24.5 Å². The van der Waals surface area contributed by atoms with Gasteiger partial charge in [0.15, 0.2) is 0 Å². The average Bonchev–Trinajstić information content (AvgIpc) is 2.54. The van der Waals surface area contributed by atoms with Crippen molar-refractivity contribution in [2.75, 3.05) is 6.54 Å². The van der Waals surface area contributed by atoms with E-state index in [4.69, 9.17) is 14.9 Å². The Bertz CT molecular complexity index is 602. The summed E-state index contributed by atoms with van der Waals surface area (Å²) in [7, 11) is 0. The molecule has 2 fully saturated rings. The molecule has 1 aliphatic heterocycles. The molecule has 3 N–H and O–H groups in total. The number of carbonyl (C=O) groups is 2. The van der Waals surface area contributed by atoms with Gasteiger partial charge in [0, 0.05) is 0 Å². The Labute approximate surface area is 134 Å². The quantitative estimate of drug-likeness (QED) is 0.785. The molecule has 0 radical (unpaired) electrons. The molecule has 1 heterocycles. The lowest BCUT2D eigenvalue weighted by Crippen LogP contribution is -2.50. The number of carboxylic acids is 2. The van der Waals surface area contributed by atoms with Crippen molar-refractivity contribution >= 4 is 11.9 Å². The molecule has 4 atom stereocenters. The van der Waals surface area contributed by atoms with Gasteiger partial charge in [-0.15, -0.1) is 0 Å². The zero-order valence-electron chi connectivity index (χ0n) is 12.8. The van der Waals surface area contributed by atoms with Gasteiger partial charge in [-0.2, -0.15) is 0 Å². The van der Waals surface area contributed by atoms with E-state index >= 15 is 0 Å². The number of ether oxygens (including phenoxy) is 1. The molecule has 6 nitrogen and oxygen atoms in total. The largest absolute Gasteiger partial charge is 0.490 e. The summed E-state index contributed by atoms with van der Waals surface area (Å²) in [6.45, 7) is 0.753. The number of nitrogens with one attached hydrogen (secondary N) is 1. The monoisotopic (exact) mass is 319 g/mol. The SMILES string of the molecule is O=C(O)c1cccc(O[C@H]2CC[C@H]3CN[C@H](C(=O)O)C[C@H]3C2)c1. The van der Waals surface area contributed by atoms with Gasteiger partial charge < -0.3 is 20.3 Å². The molecule has 124 valence electrons. The zero-order valence-corrected chi connectivity index (χ0v) is 12.8. The van der Waals surface area contributed by atoms with Gasteiger partial charge in [-0.3, -0.25) is 4.79 Å². The number of rotatable bonds is 4. The molecule has 0 spiro atoms. The van der Waals surface area contributed by atoms with Crippen LogP contribution in [0.15, 0.2) is 24.3 Å². The summed E-state index contributed by atoms with van der Waals surface area (Å²) in [6, 6.07) is 6.05. The van der Waals surface area contributed by atoms with E-state index < -0.39 is 18.0 Å². The topological polar surface area (TPSA) is 95.9 Å². The van der Waals surface area contributed by atoms with Crippen LogP contribution in [0.2, 0.25) is 0 Å². The fraction of sp³-hybridized carbons (Fsp3) is 0.529. The van der Waals surface area contributed by atoms with Crippen molar-refractivity contribution in [3.8, 4) is 5.75 Å². The second-order valence-corrected chi connectivity index (χ2v) is 6.44. The first kappa shape index (κ1) is 15.8. The Morgan fingerprint density at radius 3 is 2.70 bits per heavy atom. The smallest absolute Gasteiger partial charge is 0.335 e. The lowest BCUT2D eigenvalue weighted by Gasteiger charge is -2.41. The van der Waals surface area contributed by atoms with Crippen LogP contribution in [-0.2, 0) is 4.79 Å². The Kier molecular flexibility index (Phi) is 4.52. The first-order valence-electron chi connectivity index (χ1n) is 7.99. The van der Waals surface area contributed by atoms with Crippen molar-refractivity contribution in [1.82, 2.24) is 5.32 Å². The number of piperidine rings is 1. The first-order chi connectivity index (χ1) is 11.0. The third kappa shape index (κ3) is 3.64. The normalized spacial score (nSPS) is 30.3. The van der Waals surface area contributed by atoms with E-state index in [1.807, 2.05) is 0 Å². The van der Waals surface area contributed by atoms with Gasteiger partial charge in [0.1, 0.15) is 11.8 Å². The van der Waals surface area contributed by atoms with Gasteiger partial charge in [-0.1, -0.05) is 6.07 Å². The molecule has 0 aromatic heterocycles. The third-order valence-electron chi connectivity index (χ3n) is 4.94. The number of aromatic carboxylic acids is 1. The van der Waals surface area contributed by atoms with E-state index in [-0.39, 0.29) is 11.7 Å². The fourth-order valence-electron chi connectivity index (χ4n) is 3.71. The minimum atomic E-state index is -0.971. The van der Waals surface area contributed by atoms with Gasteiger partial charge >= 0.3 is 11.9 Å². The Hall–Kier alpha value is -2.08. The number of aliphatic carboxylic acids is 1. The van der Waals surface area contributed by atoms with Crippen LogP contribution in [0.5, 0.6) is 5.75 Å². The second-order valence-electron chi connectivity index (χ2n) is 6.44. The molecule has 1 aromatic rings. The highest BCUT2D eigenvalue weighted by atomic mass is 16.5. The summed E-state index contributed by atoms with van der Waals surface area (Å²) in [4.78, 5) is 22.2. The Balaban J connectivity index is 1.63. The van der Waals surface area contributed by atoms with Crippen molar-refractivity contribution in [1.29, 1.82) is 0 Å². The van der Waals surface area contributed by atoms with Crippen LogP contribution in [-0.4, -0.2) is 40.8 Å². The molecule has 3 rings (SSSR count). The highest BCUT2D eigenvalue weighted by Gasteiger charge is 2.38. The van der Waals surface area contributed by atoms with Gasteiger partial charge in [0.05, 0.1) is 11.7 Å². The van der Waals surface area contributed by atoms with Crippen LogP contribution < -0.4 is 10.1 Å². The second kappa shape index (κ2) is 6.58. The summed E-state index contributed by atoms with van der Waals surface area (Å²) in [6.07, 6.45) is 3.40. The zero-order chi connectivity index (χ0) is 16.4. The lowest BCUT2D eigenvalue weighted by molar-refractivity contribution is -0.141. The minimum absolute atomic E-state index is 0.0211. The van der Waals surface area contributed by atoms with Gasteiger partial charge in [-0.25, -0.2) is 4.79 Å². The summed E-state index contributed by atoms with van der Waals surface area (Å²) < 4.78 is 5.96. The van der Waals surface area contributed by atoms with Gasteiger partial charge in [0.2, 0.25) is 0 Å². The van der Waals surface area contributed by atoms with Crippen LogP contribution in [0.4, 0.5) is 0 Å². The van der Waals surface area contributed by atoms with Crippen LogP contribution in [0.3, 0.4) is 0 Å². The maximum Gasteiger partial charge on any atom is 0.335 e. The molecule has 0 bridgehead atoms. The third-order valence-corrected chi connectivity index (χ3v) is 4.94. The molecule has 2 aliphatic rings. The molecule has 1 aliphatic carbocycles. The van der Waals surface area contributed by atoms with E-state index in [9.17, 15) is 9.59 Å². The van der Waals surface area contributed by atoms with Gasteiger partial charge in [0.25, 0.3) is 0 Å². The summed E-state index contributed by atoms with van der Waals surface area (Å²) in [5, 5.41) is 21.3. The Morgan fingerprint density at radius 2 is 1.96 bits per heavy atom. The van der Waals surface area contributed by atoms with E-state index in [2.05, 4.69) is 5.32 Å². The Morgan fingerprint density at radius 1 is 1.13 bits per heavy atom. The van der Waals surface area contributed by atoms with Crippen molar-refractivity contribution in [3.63, 3.8) is 0 Å². The standard InChI is InChI=1S/C17H21NO5/c19-16(20)10-2-1-3-13(6-10)23-14-5-4-11-9-18-15(17(21)22)8-12(11)7-14/h1-3,6,11-12,14-15,18H,4-5,7-9H2,(H,19,20)(H,21,22)/t11-,12+,14-,15-/m0/s1. The molecule has 6 heteroatoms. The number of hydrogen-bond donors (Lipinski definition) is 3. The van der Waals surface area contributed by atoms with Crippen LogP contribution >= 0.6 is 0 Å². The van der Waals surface area contributed by atoms with E-state index in [0.29, 0.717) is 24.0 Å². The lowest BCUT2D eigenvalue weighted by atomic mass is 9.72. The highest BCUT2D eigenvalue weighted by Crippen LogP contribution is 2.37. The maximum absolute atomic E-state index is 11.2. The highest BCUT2D eigenvalue weighted by molar-refractivity contribution is 5.88. The number of benzene rings is 1. The molecule has 1 saturated heterocycles. The van der Waals surface area contributed by atoms with Crippen LogP contribution in [0.25, 0.3) is 0 Å². The van der Waals surface area contributed by atoms with Crippen molar-refractivity contribution in [3.05, 3.63) is 29.8 Å². The van der Waals surface area contributed by atoms with Gasteiger partial charge in [-0.05, 0) is 62.3 Å². The predicted molar refractivity (Wildman–Crippen MR) is 82.7 cm³/mol. The number of carboxylic acid groups (broad SMARTS) is 2. The summed E-state index contributed by atoms with van der Waals surface area (Å²) in [5.41, 5.74) is 0.212. The van der Waals surface area contributed by atoms with E-state index in [0.717, 1.165) is 25.8 Å². The first-order valence-corrected chi connectivity index (χ1v) is 7.99. The molecular weight excluding hydrogens is 298 g/mol.